The predicted octanol–water partition coefficient (Wildman–Crippen LogP) is 3.11. The van der Waals surface area contributed by atoms with Crippen LogP contribution in [0, 0.1) is 0 Å². The Kier molecular flexibility index (Phi) is 19.3. The average molecular weight is 218 g/mol. The summed E-state index contributed by atoms with van der Waals surface area (Å²) in [5.41, 5.74) is 0. The molecule has 0 N–H and O–H groups in total. The summed E-state index contributed by atoms with van der Waals surface area (Å²) in [5.74, 6) is 0. The number of hydrogen-bond donors (Lipinski definition) is 0. The summed E-state index contributed by atoms with van der Waals surface area (Å²) in [4.78, 5) is 0. The Morgan fingerprint density at radius 3 is 1.08 bits per heavy atom. The van der Waals surface area contributed by atoms with Gasteiger partial charge in [-0.05, 0) is 0 Å². The Morgan fingerprint density at radius 1 is 0.615 bits per heavy atom. The van der Waals surface area contributed by atoms with Crippen molar-refractivity contribution in [3.8, 4) is 0 Å². The molecule has 0 heterocycles. The first-order chi connectivity index (χ1) is 5.00. The van der Waals surface area contributed by atoms with E-state index in [1.807, 2.05) is 60.7 Å². The van der Waals surface area contributed by atoms with E-state index in [0.717, 1.165) is 0 Å². The van der Waals surface area contributed by atoms with Gasteiger partial charge in [-0.15, -0.1) is 0 Å². The standard InChI is InChI=1S/2C5H5.2FH.Ti/c2*1-2-4-5-3-1;;;/h2*1-5H;2*1H;/q-5;-1;;;. The Hall–Kier alpha value is -0.726. The number of rotatable bonds is 0. The zero-order valence-corrected chi connectivity index (χ0v) is 8.65. The molecule has 0 amide bonds. The molecule has 0 spiro atoms. The van der Waals surface area contributed by atoms with Crippen LogP contribution in [0.4, 0.5) is 9.41 Å². The van der Waals surface area contributed by atoms with E-state index in [1.54, 1.807) is 0 Å². The summed E-state index contributed by atoms with van der Waals surface area (Å²) >= 11 is 0. The Bertz CT molecular complexity index is 152. The number of hydrogen-bond acceptors (Lipinski definition) is 0. The Labute approximate surface area is 91.9 Å². The van der Waals surface area contributed by atoms with Crippen molar-refractivity contribution >= 4 is 0 Å². The maximum absolute atomic E-state index is 2.00. The van der Waals surface area contributed by atoms with E-state index in [9.17, 15) is 0 Å². The second-order valence-electron chi connectivity index (χ2n) is 1.92. The van der Waals surface area contributed by atoms with Crippen LogP contribution in [0.15, 0.2) is 60.7 Å². The van der Waals surface area contributed by atoms with Gasteiger partial charge < -0.3 is 30.3 Å². The molecule has 0 aliphatic heterocycles. The summed E-state index contributed by atoms with van der Waals surface area (Å²) in [6.45, 7) is 0. The SMILES string of the molecule is F.F.[Ti].[cH-]1[cH-][cH-][cH-][cH-]1.c1cc[cH-]c1. The van der Waals surface area contributed by atoms with Gasteiger partial charge in [-0.25, -0.2) is 12.1 Å². The van der Waals surface area contributed by atoms with E-state index in [2.05, 4.69) is 0 Å². The fourth-order valence-electron chi connectivity index (χ4n) is 0.642. The topological polar surface area (TPSA) is 0 Å². The van der Waals surface area contributed by atoms with Gasteiger partial charge in [0.1, 0.15) is 0 Å². The van der Waals surface area contributed by atoms with E-state index in [-0.39, 0.29) is 31.1 Å². The fraction of sp³-hybridized carbons (Fsp3) is 0. The molecule has 0 unspecified atom stereocenters. The molecule has 0 fully saturated rings. The minimum atomic E-state index is 0. The van der Waals surface area contributed by atoms with E-state index < -0.39 is 0 Å². The largest absolute Gasteiger partial charge is 0.748 e. The second kappa shape index (κ2) is 13.8. The van der Waals surface area contributed by atoms with Gasteiger partial charge in [-0.2, -0.15) is 18.2 Å². The van der Waals surface area contributed by atoms with Crippen molar-refractivity contribution in [3.05, 3.63) is 60.7 Å². The monoisotopic (exact) mass is 218 g/mol. The Balaban J connectivity index is -0.000000125. The van der Waals surface area contributed by atoms with E-state index >= 15 is 0 Å². The van der Waals surface area contributed by atoms with Crippen molar-refractivity contribution in [3.63, 3.8) is 0 Å². The molecular formula is C10H12F2Ti-6. The molecule has 13 heavy (non-hydrogen) atoms. The molecule has 3 heteroatoms. The average Bonchev–Trinajstić information content (AvgIpc) is 2.67. The van der Waals surface area contributed by atoms with Crippen molar-refractivity contribution < 1.29 is 31.1 Å². The first-order valence-corrected chi connectivity index (χ1v) is 3.33. The van der Waals surface area contributed by atoms with Crippen LogP contribution in [0.2, 0.25) is 0 Å². The van der Waals surface area contributed by atoms with E-state index in [1.165, 1.54) is 0 Å². The maximum Gasteiger partial charge on any atom is 0 e. The molecule has 2 aromatic rings. The van der Waals surface area contributed by atoms with E-state index in [4.69, 9.17) is 0 Å². The molecule has 76 valence electrons. The summed E-state index contributed by atoms with van der Waals surface area (Å²) in [6, 6.07) is 20.0. The summed E-state index contributed by atoms with van der Waals surface area (Å²) in [6.07, 6.45) is 0. The second-order valence-corrected chi connectivity index (χ2v) is 1.92. The first kappa shape index (κ1) is 18.1. The molecule has 0 nitrogen and oxygen atoms in total. The van der Waals surface area contributed by atoms with Crippen molar-refractivity contribution in [2.45, 2.75) is 0 Å². The molecular weight excluding hydrogens is 206 g/mol. The molecule has 0 bridgehead atoms. The summed E-state index contributed by atoms with van der Waals surface area (Å²) < 4.78 is 0. The third kappa shape index (κ3) is 11.3. The van der Waals surface area contributed by atoms with Crippen molar-refractivity contribution in [1.29, 1.82) is 0 Å². The summed E-state index contributed by atoms with van der Waals surface area (Å²) in [5, 5.41) is 0. The zero-order chi connectivity index (χ0) is 7.07. The Morgan fingerprint density at radius 2 is 0.923 bits per heavy atom. The minimum absolute atomic E-state index is 0. The van der Waals surface area contributed by atoms with E-state index in [0.29, 0.717) is 0 Å². The zero-order valence-electron chi connectivity index (χ0n) is 7.09. The molecule has 0 aliphatic carbocycles. The smallest absolute Gasteiger partial charge is 0 e. The van der Waals surface area contributed by atoms with Crippen LogP contribution in [-0.2, 0) is 21.7 Å². The molecule has 0 aromatic heterocycles. The van der Waals surface area contributed by atoms with Gasteiger partial charge in [0.2, 0.25) is 0 Å². The van der Waals surface area contributed by atoms with Crippen LogP contribution >= 0.6 is 0 Å². The van der Waals surface area contributed by atoms with Gasteiger partial charge in [-0.3, -0.25) is 9.41 Å². The molecule has 0 atom stereocenters. The molecule has 2 aromatic carbocycles. The van der Waals surface area contributed by atoms with Gasteiger partial charge in [0.05, 0.1) is 0 Å². The van der Waals surface area contributed by atoms with Crippen molar-refractivity contribution in [1.82, 2.24) is 0 Å². The van der Waals surface area contributed by atoms with Gasteiger partial charge >= 0.3 is 0 Å². The third-order valence-electron chi connectivity index (χ3n) is 1.11. The third-order valence-corrected chi connectivity index (χ3v) is 1.11. The minimum Gasteiger partial charge on any atom is -0.748 e. The van der Waals surface area contributed by atoms with Gasteiger partial charge in [0, 0.05) is 21.7 Å². The van der Waals surface area contributed by atoms with Crippen molar-refractivity contribution in [2.24, 2.45) is 0 Å². The van der Waals surface area contributed by atoms with Crippen LogP contribution in [0.25, 0.3) is 0 Å². The van der Waals surface area contributed by atoms with Crippen LogP contribution in [0.3, 0.4) is 0 Å². The molecule has 2 rings (SSSR count). The number of halogens is 2. The predicted molar refractivity (Wildman–Crippen MR) is 49.1 cm³/mol. The molecule has 0 saturated heterocycles. The first-order valence-electron chi connectivity index (χ1n) is 3.33. The van der Waals surface area contributed by atoms with Crippen LogP contribution in [0.5, 0.6) is 0 Å². The molecule has 0 radical (unpaired) electrons. The van der Waals surface area contributed by atoms with Crippen LogP contribution in [0.1, 0.15) is 0 Å². The quantitative estimate of drug-likeness (QED) is 0.470. The van der Waals surface area contributed by atoms with Gasteiger partial charge in [0.25, 0.3) is 0 Å². The fourth-order valence-corrected chi connectivity index (χ4v) is 0.642. The van der Waals surface area contributed by atoms with Gasteiger partial charge in [0.15, 0.2) is 0 Å². The van der Waals surface area contributed by atoms with Crippen LogP contribution in [-0.4, -0.2) is 0 Å². The molecule has 0 aliphatic rings. The van der Waals surface area contributed by atoms with Crippen molar-refractivity contribution in [2.75, 3.05) is 0 Å². The normalized spacial score (nSPS) is 6.15. The van der Waals surface area contributed by atoms with Crippen LogP contribution < -0.4 is 0 Å². The maximum atomic E-state index is 2.00. The summed E-state index contributed by atoms with van der Waals surface area (Å²) in [7, 11) is 0. The molecule has 0 saturated carbocycles. The van der Waals surface area contributed by atoms with Gasteiger partial charge in [-0.1, -0.05) is 0 Å².